The third kappa shape index (κ3) is 5.27. The Morgan fingerprint density at radius 1 is 1.22 bits per heavy atom. The molecule has 0 bridgehead atoms. The van der Waals surface area contributed by atoms with Crippen LogP contribution in [0.2, 0.25) is 0 Å². The SMILES string of the molecule is CCCNC1CCCC1CN(CC)CC(C)CC. The van der Waals surface area contributed by atoms with E-state index in [0.29, 0.717) is 0 Å². The Balaban J connectivity index is 2.37. The summed E-state index contributed by atoms with van der Waals surface area (Å²) >= 11 is 0. The predicted molar refractivity (Wildman–Crippen MR) is 81.0 cm³/mol. The molecular weight excluding hydrogens is 220 g/mol. The van der Waals surface area contributed by atoms with Gasteiger partial charge >= 0.3 is 0 Å². The van der Waals surface area contributed by atoms with E-state index in [-0.39, 0.29) is 0 Å². The van der Waals surface area contributed by atoms with Gasteiger partial charge in [0.1, 0.15) is 0 Å². The molecule has 108 valence electrons. The Morgan fingerprint density at radius 3 is 2.61 bits per heavy atom. The van der Waals surface area contributed by atoms with Crippen LogP contribution in [0.3, 0.4) is 0 Å². The molecule has 18 heavy (non-hydrogen) atoms. The van der Waals surface area contributed by atoms with Gasteiger partial charge in [-0.2, -0.15) is 0 Å². The molecule has 0 aliphatic heterocycles. The van der Waals surface area contributed by atoms with E-state index in [0.717, 1.165) is 17.9 Å². The Morgan fingerprint density at radius 2 is 2.00 bits per heavy atom. The second-order valence-electron chi connectivity index (χ2n) is 6.12. The van der Waals surface area contributed by atoms with Crippen molar-refractivity contribution in [1.82, 2.24) is 10.2 Å². The van der Waals surface area contributed by atoms with E-state index in [9.17, 15) is 0 Å². The van der Waals surface area contributed by atoms with Crippen LogP contribution in [0.1, 0.15) is 59.8 Å². The summed E-state index contributed by atoms with van der Waals surface area (Å²) in [5.41, 5.74) is 0. The fraction of sp³-hybridized carbons (Fsp3) is 1.00. The summed E-state index contributed by atoms with van der Waals surface area (Å²) in [6, 6.07) is 0.788. The van der Waals surface area contributed by atoms with E-state index in [2.05, 4.69) is 37.9 Å². The van der Waals surface area contributed by atoms with Gasteiger partial charge in [0.15, 0.2) is 0 Å². The first-order valence-corrected chi connectivity index (χ1v) is 8.16. The van der Waals surface area contributed by atoms with Gasteiger partial charge in [-0.15, -0.1) is 0 Å². The minimum atomic E-state index is 0.788. The summed E-state index contributed by atoms with van der Waals surface area (Å²) in [6.45, 7) is 14.3. The highest BCUT2D eigenvalue weighted by molar-refractivity contribution is 4.85. The summed E-state index contributed by atoms with van der Waals surface area (Å²) < 4.78 is 0. The van der Waals surface area contributed by atoms with Gasteiger partial charge in [-0.25, -0.2) is 0 Å². The maximum absolute atomic E-state index is 3.75. The van der Waals surface area contributed by atoms with Crippen LogP contribution < -0.4 is 5.32 Å². The van der Waals surface area contributed by atoms with E-state index in [1.54, 1.807) is 0 Å². The Kier molecular flexibility index (Phi) is 7.92. The maximum Gasteiger partial charge on any atom is 0.0107 e. The van der Waals surface area contributed by atoms with Gasteiger partial charge in [0.25, 0.3) is 0 Å². The topological polar surface area (TPSA) is 15.3 Å². The van der Waals surface area contributed by atoms with Gasteiger partial charge in [0.05, 0.1) is 0 Å². The zero-order valence-electron chi connectivity index (χ0n) is 13.0. The molecule has 2 heteroatoms. The number of nitrogens with zero attached hydrogens (tertiary/aromatic N) is 1. The van der Waals surface area contributed by atoms with E-state index >= 15 is 0 Å². The van der Waals surface area contributed by atoms with Crippen LogP contribution in [0.25, 0.3) is 0 Å². The van der Waals surface area contributed by atoms with Crippen molar-refractivity contribution < 1.29 is 0 Å². The van der Waals surface area contributed by atoms with Gasteiger partial charge < -0.3 is 10.2 Å². The molecule has 0 radical (unpaired) electrons. The average molecular weight is 254 g/mol. The zero-order chi connectivity index (χ0) is 13.4. The lowest BCUT2D eigenvalue weighted by Gasteiger charge is -2.30. The van der Waals surface area contributed by atoms with Crippen molar-refractivity contribution in [2.45, 2.75) is 65.8 Å². The van der Waals surface area contributed by atoms with Crippen molar-refractivity contribution in [3.05, 3.63) is 0 Å². The summed E-state index contributed by atoms with van der Waals surface area (Å²) in [5, 5.41) is 3.75. The van der Waals surface area contributed by atoms with Gasteiger partial charge in [-0.1, -0.05) is 40.5 Å². The van der Waals surface area contributed by atoms with E-state index < -0.39 is 0 Å². The van der Waals surface area contributed by atoms with Crippen LogP contribution in [0.15, 0.2) is 0 Å². The molecule has 1 N–H and O–H groups in total. The number of rotatable bonds is 9. The largest absolute Gasteiger partial charge is 0.314 e. The molecule has 1 fully saturated rings. The third-order valence-electron chi connectivity index (χ3n) is 4.52. The molecule has 1 aliphatic carbocycles. The van der Waals surface area contributed by atoms with Crippen molar-refractivity contribution in [1.29, 1.82) is 0 Å². The third-order valence-corrected chi connectivity index (χ3v) is 4.52. The fourth-order valence-corrected chi connectivity index (χ4v) is 3.09. The first kappa shape index (κ1) is 16.0. The normalized spacial score (nSPS) is 25.8. The van der Waals surface area contributed by atoms with Crippen molar-refractivity contribution in [2.75, 3.05) is 26.2 Å². The van der Waals surface area contributed by atoms with Crippen LogP contribution >= 0.6 is 0 Å². The molecule has 1 saturated carbocycles. The molecule has 0 saturated heterocycles. The quantitative estimate of drug-likeness (QED) is 0.677. The van der Waals surface area contributed by atoms with Crippen LogP contribution in [0.4, 0.5) is 0 Å². The first-order chi connectivity index (χ1) is 8.71. The van der Waals surface area contributed by atoms with Gasteiger partial charge in [-0.3, -0.25) is 0 Å². The smallest absolute Gasteiger partial charge is 0.0107 e. The number of hydrogen-bond donors (Lipinski definition) is 1. The van der Waals surface area contributed by atoms with Crippen LogP contribution in [0, 0.1) is 11.8 Å². The van der Waals surface area contributed by atoms with Crippen LogP contribution in [-0.2, 0) is 0 Å². The van der Waals surface area contributed by atoms with E-state index in [1.807, 2.05) is 0 Å². The summed E-state index contributed by atoms with van der Waals surface area (Å²) in [7, 11) is 0. The fourth-order valence-electron chi connectivity index (χ4n) is 3.09. The molecule has 0 heterocycles. The van der Waals surface area contributed by atoms with Crippen molar-refractivity contribution in [2.24, 2.45) is 11.8 Å². The minimum absolute atomic E-state index is 0.788. The standard InChI is InChI=1S/C16H34N2/c1-5-11-17-16-10-8-9-15(16)13-18(7-3)12-14(4)6-2/h14-17H,5-13H2,1-4H3. The summed E-state index contributed by atoms with van der Waals surface area (Å²) in [5.74, 6) is 1.73. The summed E-state index contributed by atoms with van der Waals surface area (Å²) in [4.78, 5) is 2.67. The molecular formula is C16H34N2. The lowest BCUT2D eigenvalue weighted by Crippen LogP contribution is -2.40. The highest BCUT2D eigenvalue weighted by atomic mass is 15.1. The number of hydrogen-bond acceptors (Lipinski definition) is 2. The van der Waals surface area contributed by atoms with Crippen molar-refractivity contribution >= 4 is 0 Å². The zero-order valence-corrected chi connectivity index (χ0v) is 13.0. The first-order valence-electron chi connectivity index (χ1n) is 8.16. The maximum atomic E-state index is 3.75. The van der Waals surface area contributed by atoms with Gasteiger partial charge in [0, 0.05) is 19.1 Å². The van der Waals surface area contributed by atoms with E-state index in [1.165, 1.54) is 58.3 Å². The molecule has 3 atom stereocenters. The molecule has 0 aromatic carbocycles. The van der Waals surface area contributed by atoms with E-state index in [4.69, 9.17) is 0 Å². The minimum Gasteiger partial charge on any atom is -0.314 e. The highest BCUT2D eigenvalue weighted by Gasteiger charge is 2.28. The Bertz CT molecular complexity index is 205. The molecule has 0 aromatic heterocycles. The molecule has 0 amide bonds. The highest BCUT2D eigenvalue weighted by Crippen LogP contribution is 2.26. The average Bonchev–Trinajstić information content (AvgIpc) is 2.82. The monoisotopic (exact) mass is 254 g/mol. The van der Waals surface area contributed by atoms with Gasteiger partial charge in [0.2, 0.25) is 0 Å². The molecule has 0 aromatic rings. The molecule has 3 unspecified atom stereocenters. The Labute approximate surface area is 115 Å². The second kappa shape index (κ2) is 8.92. The van der Waals surface area contributed by atoms with Crippen molar-refractivity contribution in [3.63, 3.8) is 0 Å². The molecule has 1 rings (SSSR count). The number of nitrogens with one attached hydrogen (secondary N) is 1. The molecule has 0 spiro atoms. The lowest BCUT2D eigenvalue weighted by molar-refractivity contribution is 0.196. The lowest BCUT2D eigenvalue weighted by atomic mass is 10.0. The predicted octanol–water partition coefficient (Wildman–Crippen LogP) is 3.52. The second-order valence-corrected chi connectivity index (χ2v) is 6.12. The Hall–Kier alpha value is -0.0800. The van der Waals surface area contributed by atoms with Crippen LogP contribution in [-0.4, -0.2) is 37.1 Å². The van der Waals surface area contributed by atoms with Crippen LogP contribution in [0.5, 0.6) is 0 Å². The van der Waals surface area contributed by atoms with Gasteiger partial charge in [-0.05, 0) is 44.2 Å². The van der Waals surface area contributed by atoms with Crippen molar-refractivity contribution in [3.8, 4) is 0 Å². The molecule has 2 nitrogen and oxygen atoms in total. The summed E-state index contributed by atoms with van der Waals surface area (Å²) in [6.07, 6.45) is 6.81. The molecule has 1 aliphatic rings.